The van der Waals surface area contributed by atoms with Crippen LogP contribution in [0, 0.1) is 5.92 Å². The van der Waals surface area contributed by atoms with E-state index in [0.717, 1.165) is 50.9 Å². The summed E-state index contributed by atoms with van der Waals surface area (Å²) < 4.78 is 2.06. The molecule has 2 aliphatic rings. The normalized spacial score (nSPS) is 28.5. The third-order valence-corrected chi connectivity index (χ3v) is 4.71. The highest BCUT2D eigenvalue weighted by atomic mass is 15.3. The van der Waals surface area contributed by atoms with Crippen molar-refractivity contribution in [1.82, 2.24) is 25.0 Å². The zero-order valence-corrected chi connectivity index (χ0v) is 12.8. The molecule has 0 amide bonds. The molecule has 0 bridgehead atoms. The van der Waals surface area contributed by atoms with Gasteiger partial charge in [0.2, 0.25) is 0 Å². The van der Waals surface area contributed by atoms with Crippen LogP contribution < -0.4 is 5.32 Å². The Hall–Kier alpha value is -0.940. The average molecular weight is 277 g/mol. The molecule has 1 saturated heterocycles. The molecule has 1 aliphatic heterocycles. The van der Waals surface area contributed by atoms with Crippen molar-refractivity contribution in [3.8, 4) is 0 Å². The van der Waals surface area contributed by atoms with Crippen LogP contribution in [-0.4, -0.2) is 44.8 Å². The van der Waals surface area contributed by atoms with Gasteiger partial charge in [0, 0.05) is 18.6 Å². The molecule has 0 aromatic carbocycles. The van der Waals surface area contributed by atoms with E-state index < -0.39 is 0 Å². The Morgan fingerprint density at radius 2 is 2.30 bits per heavy atom. The van der Waals surface area contributed by atoms with Gasteiger partial charge in [-0.3, -0.25) is 4.90 Å². The summed E-state index contributed by atoms with van der Waals surface area (Å²) in [6.45, 7) is 9.94. The number of rotatable bonds is 5. The number of hydrogen-bond donors (Lipinski definition) is 1. The Morgan fingerprint density at radius 1 is 1.45 bits per heavy atom. The standard InChI is InChI=1S/C15H27N5/c1-3-8-20-14(16-12-18-20)10-19-9-4-7-17-15(2,11-19)13-5-6-13/h12-13,17H,3-11H2,1-2H3. The molecule has 1 saturated carbocycles. The molecule has 1 atom stereocenters. The van der Waals surface area contributed by atoms with Crippen LogP contribution >= 0.6 is 0 Å². The predicted molar refractivity (Wildman–Crippen MR) is 79.3 cm³/mol. The van der Waals surface area contributed by atoms with Crippen LogP contribution in [-0.2, 0) is 13.1 Å². The molecule has 112 valence electrons. The number of aromatic nitrogens is 3. The van der Waals surface area contributed by atoms with E-state index in [-0.39, 0.29) is 0 Å². The summed E-state index contributed by atoms with van der Waals surface area (Å²) in [7, 11) is 0. The molecule has 1 aromatic heterocycles. The maximum Gasteiger partial charge on any atom is 0.141 e. The van der Waals surface area contributed by atoms with Crippen LogP contribution in [0.4, 0.5) is 0 Å². The molecule has 1 unspecified atom stereocenters. The monoisotopic (exact) mass is 277 g/mol. The van der Waals surface area contributed by atoms with Crippen molar-refractivity contribution in [1.29, 1.82) is 0 Å². The van der Waals surface area contributed by atoms with E-state index in [9.17, 15) is 0 Å². The number of nitrogens with one attached hydrogen (secondary N) is 1. The average Bonchev–Trinajstić information content (AvgIpc) is 3.21. The van der Waals surface area contributed by atoms with Crippen LogP contribution in [0.15, 0.2) is 6.33 Å². The fourth-order valence-corrected chi connectivity index (χ4v) is 3.41. The van der Waals surface area contributed by atoms with Gasteiger partial charge in [-0.25, -0.2) is 9.67 Å². The fourth-order valence-electron chi connectivity index (χ4n) is 3.41. The molecule has 2 fully saturated rings. The quantitative estimate of drug-likeness (QED) is 0.889. The molecular weight excluding hydrogens is 250 g/mol. The van der Waals surface area contributed by atoms with Crippen molar-refractivity contribution in [2.24, 2.45) is 5.92 Å². The van der Waals surface area contributed by atoms with E-state index in [1.54, 1.807) is 6.33 Å². The van der Waals surface area contributed by atoms with Crippen molar-refractivity contribution in [3.63, 3.8) is 0 Å². The SMILES string of the molecule is CCCn1ncnc1CN1CCCNC(C)(C2CC2)C1. The fraction of sp³-hybridized carbons (Fsp3) is 0.867. The highest BCUT2D eigenvalue weighted by molar-refractivity contribution is 5.01. The van der Waals surface area contributed by atoms with Gasteiger partial charge >= 0.3 is 0 Å². The summed E-state index contributed by atoms with van der Waals surface area (Å²) in [6.07, 6.45) is 6.82. The van der Waals surface area contributed by atoms with E-state index in [1.165, 1.54) is 19.3 Å². The van der Waals surface area contributed by atoms with Gasteiger partial charge in [0.25, 0.3) is 0 Å². The lowest BCUT2D eigenvalue weighted by molar-refractivity contribution is 0.189. The Labute approximate surface area is 121 Å². The Morgan fingerprint density at radius 3 is 3.05 bits per heavy atom. The Bertz CT molecular complexity index is 439. The van der Waals surface area contributed by atoms with Crippen LogP contribution in [0.1, 0.15) is 45.4 Å². The van der Waals surface area contributed by atoms with Crippen molar-refractivity contribution < 1.29 is 0 Å². The lowest BCUT2D eigenvalue weighted by atomic mass is 9.95. The van der Waals surface area contributed by atoms with E-state index in [4.69, 9.17) is 0 Å². The van der Waals surface area contributed by atoms with Gasteiger partial charge in [-0.2, -0.15) is 5.10 Å². The van der Waals surface area contributed by atoms with Crippen LogP contribution in [0.2, 0.25) is 0 Å². The van der Waals surface area contributed by atoms with Crippen LogP contribution in [0.5, 0.6) is 0 Å². The second kappa shape index (κ2) is 5.82. The summed E-state index contributed by atoms with van der Waals surface area (Å²) in [5, 5.41) is 8.13. The zero-order valence-electron chi connectivity index (χ0n) is 12.8. The van der Waals surface area contributed by atoms with Gasteiger partial charge in [0.1, 0.15) is 12.2 Å². The van der Waals surface area contributed by atoms with E-state index >= 15 is 0 Å². The highest BCUT2D eigenvalue weighted by Gasteiger charge is 2.42. The third kappa shape index (κ3) is 3.04. The number of aryl methyl sites for hydroxylation is 1. The first-order chi connectivity index (χ1) is 9.71. The highest BCUT2D eigenvalue weighted by Crippen LogP contribution is 2.40. The zero-order chi connectivity index (χ0) is 14.0. The smallest absolute Gasteiger partial charge is 0.141 e. The molecule has 3 rings (SSSR count). The molecule has 20 heavy (non-hydrogen) atoms. The lowest BCUT2D eigenvalue weighted by Crippen LogP contribution is -2.50. The van der Waals surface area contributed by atoms with Crippen LogP contribution in [0.3, 0.4) is 0 Å². The van der Waals surface area contributed by atoms with Crippen LogP contribution in [0.25, 0.3) is 0 Å². The molecule has 0 spiro atoms. The van der Waals surface area contributed by atoms with Gasteiger partial charge in [0.15, 0.2) is 0 Å². The summed E-state index contributed by atoms with van der Waals surface area (Å²) in [5.74, 6) is 1.99. The summed E-state index contributed by atoms with van der Waals surface area (Å²) in [4.78, 5) is 7.02. The minimum absolute atomic E-state index is 0.298. The van der Waals surface area contributed by atoms with Gasteiger partial charge in [0.05, 0.1) is 6.54 Å². The first kappa shape index (κ1) is 14.0. The maximum absolute atomic E-state index is 4.46. The topological polar surface area (TPSA) is 46.0 Å². The number of nitrogens with zero attached hydrogens (tertiary/aromatic N) is 4. The molecule has 5 heteroatoms. The number of hydrogen-bond acceptors (Lipinski definition) is 4. The first-order valence-corrected chi connectivity index (χ1v) is 8.05. The van der Waals surface area contributed by atoms with Gasteiger partial charge < -0.3 is 5.32 Å². The third-order valence-electron chi connectivity index (χ3n) is 4.71. The predicted octanol–water partition coefficient (Wildman–Crippen LogP) is 1.65. The van der Waals surface area contributed by atoms with Gasteiger partial charge in [-0.05, 0) is 51.6 Å². The van der Waals surface area contributed by atoms with Gasteiger partial charge in [-0.15, -0.1) is 0 Å². The molecule has 1 aliphatic carbocycles. The Balaban J connectivity index is 1.67. The van der Waals surface area contributed by atoms with E-state index in [2.05, 4.69) is 38.8 Å². The molecule has 1 N–H and O–H groups in total. The Kier molecular flexibility index (Phi) is 4.08. The second-order valence-corrected chi connectivity index (χ2v) is 6.58. The van der Waals surface area contributed by atoms with Crippen molar-refractivity contribution in [2.75, 3.05) is 19.6 Å². The summed E-state index contributed by atoms with van der Waals surface area (Å²) in [6, 6.07) is 0. The summed E-state index contributed by atoms with van der Waals surface area (Å²) in [5.41, 5.74) is 0.298. The minimum Gasteiger partial charge on any atom is -0.310 e. The first-order valence-electron chi connectivity index (χ1n) is 8.05. The summed E-state index contributed by atoms with van der Waals surface area (Å²) >= 11 is 0. The molecular formula is C15H27N5. The second-order valence-electron chi connectivity index (χ2n) is 6.58. The molecule has 2 heterocycles. The molecule has 1 aromatic rings. The molecule has 5 nitrogen and oxygen atoms in total. The minimum atomic E-state index is 0.298. The largest absolute Gasteiger partial charge is 0.310 e. The van der Waals surface area contributed by atoms with E-state index in [1.807, 2.05) is 0 Å². The van der Waals surface area contributed by atoms with E-state index in [0.29, 0.717) is 5.54 Å². The maximum atomic E-state index is 4.46. The lowest BCUT2D eigenvalue weighted by Gasteiger charge is -2.33. The van der Waals surface area contributed by atoms with Crippen molar-refractivity contribution >= 4 is 0 Å². The van der Waals surface area contributed by atoms with Crippen molar-refractivity contribution in [2.45, 2.75) is 58.2 Å². The van der Waals surface area contributed by atoms with Gasteiger partial charge in [-0.1, -0.05) is 6.92 Å². The van der Waals surface area contributed by atoms with Crippen molar-refractivity contribution in [3.05, 3.63) is 12.2 Å². The molecule has 0 radical (unpaired) electrons.